The number of hydrogen-bond acceptors (Lipinski definition) is 9. The quantitative estimate of drug-likeness (QED) is 0.194. The van der Waals surface area contributed by atoms with Crippen molar-refractivity contribution in [2.45, 2.75) is 149 Å². The monoisotopic (exact) mass is 833 g/mol. The molecule has 1 N–H and O–H groups in total. The zero-order valence-corrected chi connectivity index (χ0v) is 38.0. The normalized spacial score (nSPS) is 19.6. The lowest BCUT2D eigenvalue weighted by atomic mass is 9.76. The maximum atomic E-state index is 13.1. The molecule has 2 saturated heterocycles. The average Bonchev–Trinajstić information content (AvgIpc) is 3.89. The third-order valence-electron chi connectivity index (χ3n) is 12.4. The van der Waals surface area contributed by atoms with Crippen LogP contribution in [-0.2, 0) is 47.7 Å². The van der Waals surface area contributed by atoms with Crippen LogP contribution in [0.2, 0.25) is 0 Å². The van der Waals surface area contributed by atoms with Gasteiger partial charge < -0.3 is 29.1 Å². The summed E-state index contributed by atoms with van der Waals surface area (Å²) in [6.45, 7) is 24.8. The van der Waals surface area contributed by atoms with Gasteiger partial charge in [-0.1, -0.05) is 73.2 Å². The number of esters is 1. The number of hydrogen-bond donors (Lipinski definition) is 1. The van der Waals surface area contributed by atoms with E-state index in [9.17, 15) is 24.3 Å². The molecule has 2 heterocycles. The highest BCUT2D eigenvalue weighted by molar-refractivity contribution is 5.84. The van der Waals surface area contributed by atoms with Crippen LogP contribution < -0.4 is 0 Å². The van der Waals surface area contributed by atoms with Crippen molar-refractivity contribution in [1.29, 1.82) is 0 Å². The largest absolute Gasteiger partial charge is 0.481 e. The van der Waals surface area contributed by atoms with Gasteiger partial charge in [0, 0.05) is 65.4 Å². The Morgan fingerprint density at radius 2 is 0.967 bits per heavy atom. The van der Waals surface area contributed by atoms with Crippen LogP contribution in [0.5, 0.6) is 0 Å². The lowest BCUT2D eigenvalue weighted by molar-refractivity contribution is -0.150. The summed E-state index contributed by atoms with van der Waals surface area (Å²) in [6, 6.07) is 12.7. The number of nitrogens with zero attached hydrogens (tertiary/aromatic N) is 4. The summed E-state index contributed by atoms with van der Waals surface area (Å²) in [5.41, 5.74) is 4.46. The molecule has 0 aromatic heterocycles. The summed E-state index contributed by atoms with van der Waals surface area (Å²) in [5.74, 6) is -0.773. The molecule has 2 aromatic rings. The van der Waals surface area contributed by atoms with E-state index in [1.165, 1.54) is 11.1 Å². The van der Waals surface area contributed by atoms with Crippen LogP contribution in [0.1, 0.15) is 133 Å². The molecule has 4 aliphatic rings. The Morgan fingerprint density at radius 1 is 0.600 bits per heavy atom. The fourth-order valence-corrected chi connectivity index (χ4v) is 9.27. The van der Waals surface area contributed by atoms with E-state index >= 15 is 0 Å². The second-order valence-corrected chi connectivity index (χ2v) is 19.4. The molecular formula is C48H72N4O8. The molecule has 0 spiro atoms. The van der Waals surface area contributed by atoms with Gasteiger partial charge in [-0.3, -0.25) is 19.4 Å². The zero-order chi connectivity index (χ0) is 43.9. The van der Waals surface area contributed by atoms with Gasteiger partial charge in [0.05, 0.1) is 17.4 Å². The van der Waals surface area contributed by atoms with Crippen molar-refractivity contribution in [2.24, 2.45) is 0 Å². The van der Waals surface area contributed by atoms with Crippen LogP contribution in [0.3, 0.4) is 0 Å². The number of aliphatic carboxylic acids is 1. The Hall–Kier alpha value is -4.16. The van der Waals surface area contributed by atoms with Gasteiger partial charge in [0.25, 0.3) is 0 Å². The number of carbonyl (C=O) groups is 4. The highest BCUT2D eigenvalue weighted by Crippen LogP contribution is 2.45. The van der Waals surface area contributed by atoms with Crippen molar-refractivity contribution >= 4 is 24.1 Å². The van der Waals surface area contributed by atoms with Crippen molar-refractivity contribution in [3.8, 4) is 0 Å². The molecule has 0 atom stereocenters. The molecule has 2 amide bonds. The number of piperazine rings is 2. The molecule has 0 unspecified atom stereocenters. The van der Waals surface area contributed by atoms with E-state index in [2.05, 4.69) is 53.1 Å². The van der Waals surface area contributed by atoms with Crippen LogP contribution in [0.4, 0.5) is 9.59 Å². The molecule has 2 aliphatic heterocycles. The lowest BCUT2D eigenvalue weighted by Crippen LogP contribution is -2.49. The predicted molar refractivity (Wildman–Crippen MR) is 233 cm³/mol. The van der Waals surface area contributed by atoms with Crippen LogP contribution in [0.25, 0.3) is 0 Å². The number of carboxylic acid groups (broad SMARTS) is 1. The van der Waals surface area contributed by atoms with Gasteiger partial charge in [0.2, 0.25) is 0 Å². The standard InChI is InChI=1S/C25H38N2O4.C23H34N2O4/c1-6-30-22(28)25(11-7-8-12-25)21-17-19(2)9-10-20(21)18-26-13-15-27(16-14-26)23(29)31-24(3,4)5;1-17-7-8-18(19(15-17)23(20(26)27)9-5-6-10-23)16-24-11-13-25(14-12-24)21(28)29-22(2,3)4/h9-10,17H,6-8,11-16,18H2,1-5H3;7-8,15H,5-6,9-14,16H2,1-4H3,(H,26,27). The van der Waals surface area contributed by atoms with E-state index in [1.54, 1.807) is 9.80 Å². The van der Waals surface area contributed by atoms with Crippen LogP contribution in [0.15, 0.2) is 36.4 Å². The van der Waals surface area contributed by atoms with Crippen molar-refractivity contribution in [2.75, 3.05) is 59.0 Å². The van der Waals surface area contributed by atoms with Crippen LogP contribution in [-0.4, -0.2) is 119 Å². The van der Waals surface area contributed by atoms with Crippen molar-refractivity contribution in [3.05, 3.63) is 69.8 Å². The Kier molecular flexibility index (Phi) is 15.4. The number of ether oxygens (including phenoxy) is 3. The SMILES string of the molecule is CCOC(=O)C1(c2cc(C)ccc2CN2CCN(C(=O)OC(C)(C)C)CC2)CCCC1.Cc1ccc(CN2CCN(C(=O)OC(C)(C)C)CC2)c(C2(C(=O)O)CCCC2)c1. The minimum Gasteiger partial charge on any atom is -0.481 e. The third kappa shape index (κ3) is 11.8. The molecule has 2 aliphatic carbocycles. The first kappa shape index (κ1) is 46.9. The van der Waals surface area contributed by atoms with Crippen molar-refractivity contribution < 1.29 is 38.5 Å². The fraction of sp³-hybridized carbons (Fsp3) is 0.667. The maximum Gasteiger partial charge on any atom is 0.410 e. The first-order valence-corrected chi connectivity index (χ1v) is 22.3. The van der Waals surface area contributed by atoms with E-state index in [4.69, 9.17) is 14.2 Å². The second-order valence-electron chi connectivity index (χ2n) is 19.4. The third-order valence-corrected chi connectivity index (χ3v) is 12.4. The van der Waals surface area contributed by atoms with Crippen molar-refractivity contribution in [3.63, 3.8) is 0 Å². The molecular weight excluding hydrogens is 761 g/mol. The molecule has 12 heteroatoms. The average molecular weight is 833 g/mol. The van der Waals surface area contributed by atoms with Gasteiger partial charge in [-0.2, -0.15) is 0 Å². The van der Waals surface area contributed by atoms with E-state index in [1.807, 2.05) is 55.4 Å². The molecule has 2 saturated carbocycles. The zero-order valence-electron chi connectivity index (χ0n) is 38.0. The first-order chi connectivity index (χ1) is 28.2. The van der Waals surface area contributed by atoms with Gasteiger partial charge in [-0.15, -0.1) is 0 Å². The lowest BCUT2D eigenvalue weighted by Gasteiger charge is -2.37. The molecule has 4 fully saturated rings. The Balaban J connectivity index is 0.000000228. The highest BCUT2D eigenvalue weighted by atomic mass is 16.6. The summed E-state index contributed by atoms with van der Waals surface area (Å²) in [6.07, 6.45) is 6.68. The number of carboxylic acids is 1. The van der Waals surface area contributed by atoms with Crippen LogP contribution in [0, 0.1) is 13.8 Å². The Bertz CT molecular complexity index is 1800. The number of benzene rings is 2. The molecule has 60 heavy (non-hydrogen) atoms. The van der Waals surface area contributed by atoms with E-state index in [0.717, 1.165) is 93.5 Å². The summed E-state index contributed by atoms with van der Waals surface area (Å²) < 4.78 is 16.5. The molecule has 12 nitrogen and oxygen atoms in total. The maximum absolute atomic E-state index is 13.1. The number of aryl methyl sites for hydroxylation is 2. The summed E-state index contributed by atoms with van der Waals surface area (Å²) in [4.78, 5) is 58.2. The first-order valence-electron chi connectivity index (χ1n) is 22.3. The predicted octanol–water partition coefficient (Wildman–Crippen LogP) is 8.37. The Labute approximate surface area is 358 Å². The van der Waals surface area contributed by atoms with Crippen LogP contribution >= 0.6 is 0 Å². The minimum absolute atomic E-state index is 0.0749. The molecule has 0 radical (unpaired) electrons. The topological polar surface area (TPSA) is 129 Å². The van der Waals surface area contributed by atoms with E-state index in [-0.39, 0.29) is 18.2 Å². The highest BCUT2D eigenvalue weighted by Gasteiger charge is 2.46. The van der Waals surface area contributed by atoms with Gasteiger partial charge >= 0.3 is 24.1 Å². The van der Waals surface area contributed by atoms with Gasteiger partial charge in [0.1, 0.15) is 11.2 Å². The molecule has 2 aromatic carbocycles. The summed E-state index contributed by atoms with van der Waals surface area (Å²) >= 11 is 0. The molecule has 0 bridgehead atoms. The van der Waals surface area contributed by atoms with E-state index < -0.39 is 28.0 Å². The van der Waals surface area contributed by atoms with E-state index in [0.29, 0.717) is 52.2 Å². The summed E-state index contributed by atoms with van der Waals surface area (Å²) in [7, 11) is 0. The van der Waals surface area contributed by atoms with Gasteiger partial charge in [-0.25, -0.2) is 9.59 Å². The van der Waals surface area contributed by atoms with Gasteiger partial charge in [0.15, 0.2) is 0 Å². The second kappa shape index (κ2) is 19.7. The number of carbonyl (C=O) groups excluding carboxylic acids is 3. The molecule has 332 valence electrons. The summed E-state index contributed by atoms with van der Waals surface area (Å²) in [5, 5.41) is 10.1. The minimum atomic E-state index is -0.750. The van der Waals surface area contributed by atoms with Crippen molar-refractivity contribution in [1.82, 2.24) is 19.6 Å². The van der Waals surface area contributed by atoms with Gasteiger partial charge in [-0.05, 0) is 110 Å². The molecule has 6 rings (SSSR count). The number of amides is 2. The smallest absolute Gasteiger partial charge is 0.410 e. The number of rotatable bonds is 9. The fourth-order valence-electron chi connectivity index (χ4n) is 9.27. The Morgan fingerprint density at radius 3 is 1.32 bits per heavy atom.